The van der Waals surface area contributed by atoms with Gasteiger partial charge in [0, 0.05) is 37.0 Å². The molecule has 1 aliphatic rings. The number of aromatic nitrogens is 2. The van der Waals surface area contributed by atoms with Crippen molar-refractivity contribution in [3.63, 3.8) is 0 Å². The van der Waals surface area contributed by atoms with Gasteiger partial charge in [0.05, 0.1) is 7.11 Å². The second-order valence-corrected chi connectivity index (χ2v) is 5.51. The molecule has 2 aromatic rings. The van der Waals surface area contributed by atoms with E-state index in [1.807, 2.05) is 31.2 Å². The number of nitrogens with one attached hydrogen (secondary N) is 1. The molecule has 1 saturated heterocycles. The Morgan fingerprint density at radius 3 is 2.68 bits per heavy atom. The van der Waals surface area contributed by atoms with E-state index in [0.717, 1.165) is 61.2 Å². The summed E-state index contributed by atoms with van der Waals surface area (Å²) in [5, 5.41) is 3.42. The highest BCUT2D eigenvalue weighted by molar-refractivity contribution is 5.59. The van der Waals surface area contributed by atoms with Gasteiger partial charge < -0.3 is 15.0 Å². The van der Waals surface area contributed by atoms with Crippen LogP contribution in [0.3, 0.4) is 0 Å². The molecule has 5 heteroatoms. The number of hydrogen-bond donors (Lipinski definition) is 1. The summed E-state index contributed by atoms with van der Waals surface area (Å²) in [5.41, 5.74) is 2.01. The normalized spacial score (nSPS) is 15.5. The maximum absolute atomic E-state index is 5.21. The zero-order valence-electron chi connectivity index (χ0n) is 13.2. The first-order valence-electron chi connectivity index (χ1n) is 7.72. The molecule has 0 radical (unpaired) electrons. The second-order valence-electron chi connectivity index (χ2n) is 5.51. The van der Waals surface area contributed by atoms with Crippen LogP contribution in [0.15, 0.2) is 30.3 Å². The predicted octanol–water partition coefficient (Wildman–Crippen LogP) is 2.26. The first kappa shape index (κ1) is 14.8. The Hall–Kier alpha value is -2.14. The molecule has 1 N–H and O–H groups in total. The highest BCUT2D eigenvalue weighted by atomic mass is 16.5. The van der Waals surface area contributed by atoms with Crippen LogP contribution in [0.2, 0.25) is 0 Å². The summed E-state index contributed by atoms with van der Waals surface area (Å²) in [6, 6.07) is 9.95. The lowest BCUT2D eigenvalue weighted by atomic mass is 10.2. The molecular weight excluding hydrogens is 276 g/mol. The number of benzene rings is 1. The van der Waals surface area contributed by atoms with Crippen molar-refractivity contribution in [3.05, 3.63) is 36.0 Å². The molecular formula is C17H22N4O. The van der Waals surface area contributed by atoms with Gasteiger partial charge in [-0.3, -0.25) is 0 Å². The fourth-order valence-electron chi connectivity index (χ4n) is 2.66. The van der Waals surface area contributed by atoms with Crippen LogP contribution in [0.5, 0.6) is 5.75 Å². The minimum Gasteiger partial charge on any atom is -0.497 e. The van der Waals surface area contributed by atoms with Crippen LogP contribution in [-0.4, -0.2) is 43.3 Å². The van der Waals surface area contributed by atoms with Crippen molar-refractivity contribution in [3.8, 4) is 17.1 Å². The molecule has 0 amide bonds. The van der Waals surface area contributed by atoms with Gasteiger partial charge in [-0.2, -0.15) is 0 Å². The lowest BCUT2D eigenvalue weighted by Crippen LogP contribution is -2.28. The second kappa shape index (κ2) is 6.75. The van der Waals surface area contributed by atoms with Crippen LogP contribution in [0.25, 0.3) is 11.4 Å². The van der Waals surface area contributed by atoms with Gasteiger partial charge in [0.25, 0.3) is 0 Å². The van der Waals surface area contributed by atoms with Crippen molar-refractivity contribution in [1.29, 1.82) is 0 Å². The van der Waals surface area contributed by atoms with Crippen molar-refractivity contribution in [1.82, 2.24) is 15.3 Å². The number of anilines is 1. The standard InChI is InChI=1S/C17H22N4O/c1-13-12-16(21-10-3-8-18-9-11-21)20-17(19-13)14-4-6-15(22-2)7-5-14/h4-7,12,18H,3,8-11H2,1-2H3. The van der Waals surface area contributed by atoms with E-state index in [-0.39, 0.29) is 0 Å². The van der Waals surface area contributed by atoms with E-state index in [9.17, 15) is 0 Å². The molecule has 0 unspecified atom stereocenters. The van der Waals surface area contributed by atoms with Crippen LogP contribution in [-0.2, 0) is 0 Å². The molecule has 3 rings (SSSR count). The zero-order valence-corrected chi connectivity index (χ0v) is 13.2. The lowest BCUT2D eigenvalue weighted by molar-refractivity contribution is 0.415. The third kappa shape index (κ3) is 3.36. The maximum Gasteiger partial charge on any atom is 0.161 e. The molecule has 1 aliphatic heterocycles. The van der Waals surface area contributed by atoms with E-state index < -0.39 is 0 Å². The average Bonchev–Trinajstić information content (AvgIpc) is 2.84. The van der Waals surface area contributed by atoms with Crippen LogP contribution >= 0.6 is 0 Å². The van der Waals surface area contributed by atoms with E-state index in [0.29, 0.717) is 0 Å². The summed E-state index contributed by atoms with van der Waals surface area (Å²) < 4.78 is 5.21. The number of methoxy groups -OCH3 is 1. The van der Waals surface area contributed by atoms with Crippen LogP contribution in [0.1, 0.15) is 12.1 Å². The Bertz CT molecular complexity index is 619. The minimum absolute atomic E-state index is 0.773. The number of ether oxygens (including phenoxy) is 1. The fraction of sp³-hybridized carbons (Fsp3) is 0.412. The number of aryl methyl sites for hydroxylation is 1. The lowest BCUT2D eigenvalue weighted by Gasteiger charge is -2.21. The van der Waals surface area contributed by atoms with E-state index in [1.54, 1.807) is 7.11 Å². The summed E-state index contributed by atoms with van der Waals surface area (Å²) in [4.78, 5) is 11.7. The van der Waals surface area contributed by atoms with Crippen molar-refractivity contribution >= 4 is 5.82 Å². The third-order valence-corrected chi connectivity index (χ3v) is 3.85. The van der Waals surface area contributed by atoms with Gasteiger partial charge in [0.1, 0.15) is 11.6 Å². The van der Waals surface area contributed by atoms with Gasteiger partial charge in [0.2, 0.25) is 0 Å². The molecule has 0 saturated carbocycles. The monoisotopic (exact) mass is 298 g/mol. The summed E-state index contributed by atoms with van der Waals surface area (Å²) in [7, 11) is 1.67. The number of hydrogen-bond acceptors (Lipinski definition) is 5. The highest BCUT2D eigenvalue weighted by Gasteiger charge is 2.13. The Morgan fingerprint density at radius 2 is 1.91 bits per heavy atom. The van der Waals surface area contributed by atoms with Gasteiger partial charge in [-0.15, -0.1) is 0 Å². The zero-order chi connectivity index (χ0) is 15.4. The van der Waals surface area contributed by atoms with E-state index in [2.05, 4.69) is 21.3 Å². The molecule has 2 heterocycles. The summed E-state index contributed by atoms with van der Waals surface area (Å²) in [6.45, 7) is 6.12. The van der Waals surface area contributed by atoms with Crippen molar-refractivity contribution in [2.24, 2.45) is 0 Å². The molecule has 1 aromatic heterocycles. The van der Waals surface area contributed by atoms with Gasteiger partial charge >= 0.3 is 0 Å². The van der Waals surface area contributed by atoms with E-state index in [4.69, 9.17) is 9.72 Å². The SMILES string of the molecule is COc1ccc(-c2nc(C)cc(N3CCCNCC3)n2)cc1. The van der Waals surface area contributed by atoms with Crippen LogP contribution in [0.4, 0.5) is 5.82 Å². The topological polar surface area (TPSA) is 50.3 Å². The van der Waals surface area contributed by atoms with E-state index >= 15 is 0 Å². The molecule has 1 aromatic carbocycles. The fourth-order valence-corrected chi connectivity index (χ4v) is 2.66. The molecule has 0 atom stereocenters. The van der Waals surface area contributed by atoms with Gasteiger partial charge in [-0.1, -0.05) is 0 Å². The molecule has 0 spiro atoms. The smallest absolute Gasteiger partial charge is 0.161 e. The molecule has 0 bridgehead atoms. The quantitative estimate of drug-likeness (QED) is 0.942. The van der Waals surface area contributed by atoms with Crippen LogP contribution < -0.4 is 15.0 Å². The largest absolute Gasteiger partial charge is 0.497 e. The molecule has 5 nitrogen and oxygen atoms in total. The summed E-state index contributed by atoms with van der Waals surface area (Å²) >= 11 is 0. The van der Waals surface area contributed by atoms with Crippen molar-refractivity contribution in [2.75, 3.05) is 38.2 Å². The van der Waals surface area contributed by atoms with Gasteiger partial charge in [-0.05, 0) is 44.2 Å². The average molecular weight is 298 g/mol. The Kier molecular flexibility index (Phi) is 4.53. The minimum atomic E-state index is 0.773. The molecule has 116 valence electrons. The molecule has 22 heavy (non-hydrogen) atoms. The number of rotatable bonds is 3. The molecule has 0 aliphatic carbocycles. The van der Waals surface area contributed by atoms with Crippen molar-refractivity contribution < 1.29 is 4.74 Å². The first-order chi connectivity index (χ1) is 10.8. The van der Waals surface area contributed by atoms with Crippen LogP contribution in [0, 0.1) is 6.92 Å². The third-order valence-electron chi connectivity index (χ3n) is 3.85. The Balaban J connectivity index is 1.91. The highest BCUT2D eigenvalue weighted by Crippen LogP contribution is 2.22. The van der Waals surface area contributed by atoms with Gasteiger partial charge in [-0.25, -0.2) is 9.97 Å². The van der Waals surface area contributed by atoms with E-state index in [1.165, 1.54) is 0 Å². The Labute approximate surface area is 131 Å². The summed E-state index contributed by atoms with van der Waals surface area (Å²) in [6.07, 6.45) is 1.14. The predicted molar refractivity (Wildman–Crippen MR) is 88.5 cm³/mol. The maximum atomic E-state index is 5.21. The Morgan fingerprint density at radius 1 is 1.09 bits per heavy atom. The first-order valence-corrected chi connectivity index (χ1v) is 7.72. The summed E-state index contributed by atoms with van der Waals surface area (Å²) in [5.74, 6) is 2.63. The number of nitrogens with zero attached hydrogens (tertiary/aromatic N) is 3. The van der Waals surface area contributed by atoms with Crippen molar-refractivity contribution in [2.45, 2.75) is 13.3 Å². The van der Waals surface area contributed by atoms with Gasteiger partial charge in [0.15, 0.2) is 5.82 Å². The molecule has 1 fully saturated rings.